The molecular weight excluding hydrogens is 496 g/mol. The highest BCUT2D eigenvalue weighted by Crippen LogP contribution is 2.25. The summed E-state index contributed by atoms with van der Waals surface area (Å²) in [6.45, 7) is 6.88. The van der Waals surface area contributed by atoms with Gasteiger partial charge < -0.3 is 20.6 Å². The van der Waals surface area contributed by atoms with Gasteiger partial charge in [0.25, 0.3) is 0 Å². The number of aryl methyl sites for hydroxylation is 1. The Morgan fingerprint density at radius 1 is 1.28 bits per heavy atom. The molecule has 2 heterocycles. The fourth-order valence-electron chi connectivity index (χ4n) is 3.52. The van der Waals surface area contributed by atoms with E-state index in [9.17, 15) is 13.5 Å². The molecule has 2 aromatic rings. The number of benzene rings is 1. The third kappa shape index (κ3) is 6.61. The summed E-state index contributed by atoms with van der Waals surface area (Å²) < 4.78 is 29.2. The quantitative estimate of drug-likeness (QED) is 0.352. The van der Waals surface area contributed by atoms with Gasteiger partial charge in [-0.1, -0.05) is 13.0 Å². The highest BCUT2D eigenvalue weighted by Gasteiger charge is 2.19. The molecule has 0 saturated carbocycles. The topological polar surface area (TPSA) is 119 Å². The first kappa shape index (κ1) is 24.8. The number of rotatable bonds is 11. The summed E-state index contributed by atoms with van der Waals surface area (Å²) in [5, 5.41) is 15.7. The first-order valence-corrected chi connectivity index (χ1v) is 13.1. The third-order valence-corrected chi connectivity index (χ3v) is 7.63. The second-order valence-electron chi connectivity index (χ2n) is 7.87. The van der Waals surface area contributed by atoms with E-state index in [0.29, 0.717) is 40.6 Å². The fraction of sp³-hybridized carbons (Fsp3) is 0.524. The van der Waals surface area contributed by atoms with E-state index >= 15 is 0 Å². The number of aliphatic hydroxyl groups is 1. The molecule has 176 valence electrons. The van der Waals surface area contributed by atoms with Crippen molar-refractivity contribution in [2.75, 3.05) is 43.4 Å². The molecule has 32 heavy (non-hydrogen) atoms. The van der Waals surface area contributed by atoms with Crippen molar-refractivity contribution in [3.63, 3.8) is 0 Å². The van der Waals surface area contributed by atoms with Gasteiger partial charge >= 0.3 is 0 Å². The Morgan fingerprint density at radius 2 is 2.03 bits per heavy atom. The van der Waals surface area contributed by atoms with Gasteiger partial charge in [-0.2, -0.15) is 4.98 Å². The van der Waals surface area contributed by atoms with Crippen LogP contribution >= 0.6 is 15.9 Å². The van der Waals surface area contributed by atoms with Gasteiger partial charge in [0.05, 0.1) is 22.0 Å². The van der Waals surface area contributed by atoms with Crippen LogP contribution in [0.1, 0.15) is 31.7 Å². The molecule has 1 fully saturated rings. The van der Waals surface area contributed by atoms with E-state index in [1.807, 2.05) is 6.92 Å². The molecule has 9 nitrogen and oxygen atoms in total. The van der Waals surface area contributed by atoms with Gasteiger partial charge in [-0.15, -0.1) is 0 Å². The molecule has 0 bridgehead atoms. The van der Waals surface area contributed by atoms with E-state index in [1.165, 1.54) is 12.8 Å². The van der Waals surface area contributed by atoms with Crippen LogP contribution in [0.2, 0.25) is 0 Å². The van der Waals surface area contributed by atoms with Gasteiger partial charge in [0.1, 0.15) is 5.82 Å². The molecule has 1 atom stereocenters. The number of sulfonamides is 1. The van der Waals surface area contributed by atoms with Crippen molar-refractivity contribution in [3.05, 3.63) is 34.4 Å². The zero-order valence-electron chi connectivity index (χ0n) is 18.4. The fourth-order valence-corrected chi connectivity index (χ4v) is 5.11. The van der Waals surface area contributed by atoms with Crippen LogP contribution < -0.4 is 15.4 Å². The molecule has 11 heteroatoms. The molecule has 0 aliphatic carbocycles. The highest BCUT2D eigenvalue weighted by molar-refractivity contribution is 9.10. The first-order valence-electron chi connectivity index (χ1n) is 10.8. The number of aliphatic hydroxyl groups excluding tert-OH is 1. The van der Waals surface area contributed by atoms with Gasteiger partial charge in [0.15, 0.2) is 0 Å². The lowest BCUT2D eigenvalue weighted by molar-refractivity contribution is 0.271. The van der Waals surface area contributed by atoms with Crippen LogP contribution in [0.5, 0.6) is 0 Å². The summed E-state index contributed by atoms with van der Waals surface area (Å²) >= 11 is 3.41. The van der Waals surface area contributed by atoms with Gasteiger partial charge in [-0.25, -0.2) is 18.1 Å². The van der Waals surface area contributed by atoms with Crippen molar-refractivity contribution in [1.82, 2.24) is 19.6 Å². The van der Waals surface area contributed by atoms with E-state index in [4.69, 9.17) is 0 Å². The molecule has 1 saturated heterocycles. The molecule has 0 spiro atoms. The number of hydrogen-bond donors (Lipinski definition) is 4. The molecule has 0 radical (unpaired) electrons. The maximum absolute atomic E-state index is 12.9. The van der Waals surface area contributed by atoms with Crippen LogP contribution in [0.4, 0.5) is 17.5 Å². The number of anilines is 3. The lowest BCUT2D eigenvalue weighted by Gasteiger charge is -2.17. The number of likely N-dealkylation sites (tertiary alicyclic amines) is 1. The van der Waals surface area contributed by atoms with Crippen LogP contribution in [-0.4, -0.2) is 67.2 Å². The molecule has 1 aromatic carbocycles. The molecule has 4 N–H and O–H groups in total. The molecule has 3 rings (SSSR count). The molecule has 1 aliphatic heterocycles. The second kappa shape index (κ2) is 11.4. The Labute approximate surface area is 198 Å². The van der Waals surface area contributed by atoms with Crippen LogP contribution in [0, 0.1) is 6.92 Å². The largest absolute Gasteiger partial charge is 0.394 e. The molecular formula is C21H31BrN6O3S. The predicted octanol–water partition coefficient (Wildman–Crippen LogP) is 2.85. The minimum absolute atomic E-state index is 0.0142. The van der Waals surface area contributed by atoms with Gasteiger partial charge in [-0.3, -0.25) is 0 Å². The number of nitrogens with one attached hydrogen (secondary N) is 3. The smallest absolute Gasteiger partial charge is 0.240 e. The van der Waals surface area contributed by atoms with Crippen LogP contribution in [0.25, 0.3) is 0 Å². The molecule has 1 aromatic heterocycles. The summed E-state index contributed by atoms with van der Waals surface area (Å²) in [7, 11) is -3.64. The van der Waals surface area contributed by atoms with Crippen molar-refractivity contribution in [2.45, 2.75) is 44.0 Å². The van der Waals surface area contributed by atoms with Crippen LogP contribution in [-0.2, 0) is 10.0 Å². The first-order chi connectivity index (χ1) is 15.3. The maximum Gasteiger partial charge on any atom is 0.240 e. The van der Waals surface area contributed by atoms with E-state index in [-0.39, 0.29) is 17.5 Å². The average molecular weight is 527 g/mol. The molecule has 0 amide bonds. The minimum atomic E-state index is -3.64. The van der Waals surface area contributed by atoms with E-state index in [2.05, 4.69) is 46.2 Å². The Balaban J connectivity index is 1.72. The Morgan fingerprint density at radius 3 is 2.72 bits per heavy atom. The zero-order valence-corrected chi connectivity index (χ0v) is 20.8. The summed E-state index contributed by atoms with van der Waals surface area (Å²) in [6.07, 6.45) is 4.69. The number of hydrogen-bond acceptors (Lipinski definition) is 8. The highest BCUT2D eigenvalue weighted by atomic mass is 79.9. The van der Waals surface area contributed by atoms with Gasteiger partial charge in [0, 0.05) is 25.0 Å². The number of nitrogens with zero attached hydrogens (tertiary/aromatic N) is 3. The Bertz CT molecular complexity index is 1010. The standard InChI is InChI=1S/C21H31BrN6O3S/c1-3-16(14-29)25-20-18(22)13-23-21(27-20)26-17-7-6-15(2)19(12-17)32(30,31)24-8-11-28-9-4-5-10-28/h6-7,12-13,16,24,29H,3-5,8-11,14H2,1-2H3,(H2,23,25,26,27)/t16-/m1/s1. The van der Waals surface area contributed by atoms with Crippen LogP contribution in [0.3, 0.4) is 0 Å². The maximum atomic E-state index is 12.9. The van der Waals surface area contributed by atoms with Crippen molar-refractivity contribution < 1.29 is 13.5 Å². The summed E-state index contributed by atoms with van der Waals surface area (Å²) in [6, 6.07) is 5.01. The average Bonchev–Trinajstić information content (AvgIpc) is 3.28. The molecule has 1 aliphatic rings. The number of halogens is 1. The van der Waals surface area contributed by atoms with Crippen molar-refractivity contribution in [1.29, 1.82) is 0 Å². The zero-order chi connectivity index (χ0) is 23.1. The normalized spacial score (nSPS) is 15.6. The summed E-state index contributed by atoms with van der Waals surface area (Å²) in [5.41, 5.74) is 1.23. The van der Waals surface area contributed by atoms with Crippen molar-refractivity contribution >= 4 is 43.4 Å². The van der Waals surface area contributed by atoms with Gasteiger partial charge in [-0.05, 0) is 72.9 Å². The Kier molecular flexibility index (Phi) is 8.83. The van der Waals surface area contributed by atoms with Crippen molar-refractivity contribution in [2.24, 2.45) is 0 Å². The van der Waals surface area contributed by atoms with Crippen molar-refractivity contribution in [3.8, 4) is 0 Å². The predicted molar refractivity (Wildman–Crippen MR) is 130 cm³/mol. The minimum Gasteiger partial charge on any atom is -0.394 e. The van der Waals surface area contributed by atoms with E-state index < -0.39 is 10.0 Å². The SMILES string of the molecule is CC[C@H](CO)Nc1nc(Nc2ccc(C)c(S(=O)(=O)NCCN3CCCC3)c2)ncc1Br. The lowest BCUT2D eigenvalue weighted by Crippen LogP contribution is -2.33. The van der Waals surface area contributed by atoms with Crippen LogP contribution in [0.15, 0.2) is 33.8 Å². The lowest BCUT2D eigenvalue weighted by atomic mass is 10.2. The Hall–Kier alpha value is -1.79. The summed E-state index contributed by atoms with van der Waals surface area (Å²) in [4.78, 5) is 11.2. The van der Waals surface area contributed by atoms with E-state index in [0.717, 1.165) is 19.5 Å². The molecule has 0 unspecified atom stereocenters. The monoisotopic (exact) mass is 526 g/mol. The van der Waals surface area contributed by atoms with Gasteiger partial charge in [0.2, 0.25) is 16.0 Å². The third-order valence-electron chi connectivity index (χ3n) is 5.45. The van der Waals surface area contributed by atoms with E-state index in [1.54, 1.807) is 31.3 Å². The number of aromatic nitrogens is 2. The second-order valence-corrected chi connectivity index (χ2v) is 10.5. The summed E-state index contributed by atoms with van der Waals surface area (Å²) in [5.74, 6) is 0.865.